The number of carbonyl (C=O) groups is 2. The molecule has 0 fully saturated rings. The first-order valence-corrected chi connectivity index (χ1v) is 1.47. The van der Waals surface area contributed by atoms with Crippen LogP contribution in [0.15, 0.2) is 0 Å². The van der Waals surface area contributed by atoms with E-state index in [2.05, 4.69) is 4.79 Å². The molecule has 0 atom stereocenters. The molecule has 0 rings (SSSR count). The van der Waals surface area contributed by atoms with Crippen molar-refractivity contribution in [1.82, 2.24) is 0 Å². The summed E-state index contributed by atoms with van der Waals surface area (Å²) < 4.78 is 0. The molecule has 4 heteroatoms. The van der Waals surface area contributed by atoms with E-state index >= 15 is 0 Å². The van der Waals surface area contributed by atoms with Crippen molar-refractivity contribution in [2.24, 2.45) is 0 Å². The molecule has 0 aromatic heterocycles. The van der Waals surface area contributed by atoms with Gasteiger partial charge < -0.3 is 5.53 Å². The first kappa shape index (κ1) is 5.72. The first-order chi connectivity index (χ1) is 3.35. The fourth-order valence-electron chi connectivity index (χ4n) is 0.0749. The van der Waals surface area contributed by atoms with Crippen molar-refractivity contribution >= 4 is 18.3 Å². The highest BCUT2D eigenvalue weighted by Crippen LogP contribution is 1.47. The fraction of sp³-hybridized carbons (Fsp3) is 0. The molecule has 4 nitrogen and oxygen atoms in total. The molecule has 0 unspecified atom stereocenters. The minimum atomic E-state index is -0.500. The number of rotatable bonds is 2. The summed E-state index contributed by atoms with van der Waals surface area (Å²) in [7, 11) is 0. The quantitative estimate of drug-likeness (QED) is 0.147. The smallest absolute Gasteiger partial charge is 0.361 e. The van der Waals surface area contributed by atoms with Gasteiger partial charge in [-0.3, -0.25) is 9.59 Å². The zero-order valence-electron chi connectivity index (χ0n) is 3.37. The Morgan fingerprint density at radius 2 is 1.86 bits per heavy atom. The van der Waals surface area contributed by atoms with E-state index in [1.54, 1.807) is 0 Å². The molecule has 0 aliphatic carbocycles. The second-order valence-corrected chi connectivity index (χ2v) is 0.761. The van der Waals surface area contributed by atoms with Crippen LogP contribution in [-0.4, -0.2) is 23.1 Å². The lowest BCUT2D eigenvalue weighted by atomic mass is 10.5. The van der Waals surface area contributed by atoms with Crippen LogP contribution in [0.2, 0.25) is 0 Å². The summed E-state index contributed by atoms with van der Waals surface area (Å²) in [5.74, 6) is 0. The van der Waals surface area contributed by atoms with Crippen LogP contribution in [0.5, 0.6) is 0 Å². The largest absolute Gasteiger partial charge is 0.393 e. The average Bonchev–Trinajstić information content (AvgIpc) is 1.72. The molecule has 0 heterocycles. The summed E-state index contributed by atoms with van der Waals surface area (Å²) in [4.78, 5) is 21.2. The maximum atomic E-state index is 9.45. The highest BCUT2D eigenvalue weighted by Gasteiger charge is 1.97. The minimum Gasteiger partial charge on any atom is -0.361 e. The van der Waals surface area contributed by atoms with Gasteiger partial charge in [-0.1, -0.05) is 0 Å². The van der Waals surface area contributed by atoms with Crippen molar-refractivity contribution in [2.45, 2.75) is 0 Å². The highest BCUT2D eigenvalue weighted by atomic mass is 16.1. The molecule has 0 saturated carbocycles. The van der Waals surface area contributed by atoms with Gasteiger partial charge in [-0.05, 0) is 0 Å². The molecule has 0 radical (unpaired) electrons. The zero-order chi connectivity index (χ0) is 5.70. The molecule has 0 aliphatic heterocycles. The van der Waals surface area contributed by atoms with Crippen LogP contribution in [0.3, 0.4) is 0 Å². The molecule has 7 heavy (non-hydrogen) atoms. The van der Waals surface area contributed by atoms with E-state index in [1.807, 2.05) is 0 Å². The van der Waals surface area contributed by atoms with Gasteiger partial charge in [0.2, 0.25) is 12.6 Å². The van der Waals surface area contributed by atoms with Crippen molar-refractivity contribution < 1.29 is 14.4 Å². The summed E-state index contributed by atoms with van der Waals surface area (Å²) in [5.41, 5.74) is 7.15. The summed E-state index contributed by atoms with van der Waals surface area (Å²) in [6, 6.07) is 0. The molecule has 0 aliphatic rings. The van der Waals surface area contributed by atoms with Crippen molar-refractivity contribution in [3.05, 3.63) is 5.53 Å². The van der Waals surface area contributed by atoms with E-state index < -0.39 is 5.71 Å². The van der Waals surface area contributed by atoms with Crippen molar-refractivity contribution in [3.8, 4) is 0 Å². The van der Waals surface area contributed by atoms with Crippen LogP contribution in [0, 0.1) is 0 Å². The second kappa shape index (κ2) is 2.93. The third-order valence-corrected chi connectivity index (χ3v) is 0.357. The Labute approximate surface area is 39.4 Å². The Balaban J connectivity index is 4.14. The monoisotopic (exact) mass is 98.0 g/mol. The maximum absolute atomic E-state index is 9.45. The van der Waals surface area contributed by atoms with Gasteiger partial charge in [0.05, 0.1) is 0 Å². The van der Waals surface area contributed by atoms with Gasteiger partial charge in [0.25, 0.3) is 0 Å². The molecule has 0 bridgehead atoms. The average molecular weight is 98.1 g/mol. The topological polar surface area (TPSA) is 70.5 Å². The van der Waals surface area contributed by atoms with E-state index in [-0.39, 0.29) is 12.6 Å². The van der Waals surface area contributed by atoms with E-state index in [0.717, 1.165) is 0 Å². The van der Waals surface area contributed by atoms with Crippen LogP contribution >= 0.6 is 0 Å². The van der Waals surface area contributed by atoms with Gasteiger partial charge in [0.1, 0.15) is 0 Å². The van der Waals surface area contributed by atoms with Gasteiger partial charge >= 0.3 is 5.71 Å². The lowest BCUT2D eigenvalue weighted by Crippen LogP contribution is -2.00. The Morgan fingerprint density at radius 1 is 1.43 bits per heavy atom. The lowest BCUT2D eigenvalue weighted by molar-refractivity contribution is -0.112. The van der Waals surface area contributed by atoms with Crippen LogP contribution in [0.4, 0.5) is 0 Å². The second-order valence-electron chi connectivity index (χ2n) is 0.761. The maximum Gasteiger partial charge on any atom is 0.393 e. The van der Waals surface area contributed by atoms with E-state index in [4.69, 9.17) is 5.53 Å². The van der Waals surface area contributed by atoms with Crippen LogP contribution < -0.4 is 0 Å². The molecule has 0 aromatic rings. The molecular weight excluding hydrogens is 96.0 g/mol. The molecule has 0 amide bonds. The predicted octanol–water partition coefficient (Wildman–Crippen LogP) is -0.945. The summed E-state index contributed by atoms with van der Waals surface area (Å²) in [5, 5.41) is 0. The molecular formula is C3H2N2O2. The highest BCUT2D eigenvalue weighted by molar-refractivity contribution is 6.50. The molecule has 0 aromatic carbocycles. The third kappa shape index (κ3) is 1.57. The number of nitrogens with zero attached hydrogens (tertiary/aromatic N) is 2. The molecule has 0 saturated heterocycles. The summed E-state index contributed by atoms with van der Waals surface area (Å²) >= 11 is 0. The van der Waals surface area contributed by atoms with E-state index in [0.29, 0.717) is 0 Å². The zero-order valence-corrected chi connectivity index (χ0v) is 3.37. The number of carbonyl (C=O) groups excluding carboxylic acids is 2. The van der Waals surface area contributed by atoms with Crippen LogP contribution in [0.1, 0.15) is 0 Å². The van der Waals surface area contributed by atoms with E-state index in [9.17, 15) is 9.59 Å². The minimum absolute atomic E-state index is 0.160. The first-order valence-electron chi connectivity index (χ1n) is 1.47. The fourth-order valence-corrected chi connectivity index (χ4v) is 0.0749. The van der Waals surface area contributed by atoms with Crippen LogP contribution in [0.25, 0.3) is 5.53 Å². The van der Waals surface area contributed by atoms with Gasteiger partial charge in [-0.25, -0.2) is 0 Å². The third-order valence-electron chi connectivity index (χ3n) is 0.357. The van der Waals surface area contributed by atoms with Gasteiger partial charge in [-0.2, -0.15) is 4.79 Å². The molecule has 0 N–H and O–H groups in total. The predicted molar refractivity (Wildman–Crippen MR) is 20.8 cm³/mol. The van der Waals surface area contributed by atoms with E-state index in [1.165, 1.54) is 0 Å². The normalized spacial score (nSPS) is 6.29. The summed E-state index contributed by atoms with van der Waals surface area (Å²) in [6.07, 6.45) is 0.319. The van der Waals surface area contributed by atoms with Gasteiger partial charge in [0, 0.05) is 0 Å². The molecule has 0 spiro atoms. The van der Waals surface area contributed by atoms with Gasteiger partial charge in [-0.15, -0.1) is 0 Å². The number of hydrogen-bond donors (Lipinski definition) is 0. The van der Waals surface area contributed by atoms with Crippen molar-refractivity contribution in [1.29, 1.82) is 0 Å². The standard InChI is InChI=1S/C3H2N2O2/c4-5-3(1-6)2-7/h1-2H. The Morgan fingerprint density at radius 3 is 1.86 bits per heavy atom. The number of aldehydes is 2. The Bertz CT molecular complexity index is 124. The van der Waals surface area contributed by atoms with Crippen LogP contribution in [-0.2, 0) is 9.59 Å². The van der Waals surface area contributed by atoms with Crippen molar-refractivity contribution in [2.75, 3.05) is 0 Å². The summed E-state index contributed by atoms with van der Waals surface area (Å²) in [6.45, 7) is 0. The number of hydrogen-bond acceptors (Lipinski definition) is 2. The lowest BCUT2D eigenvalue weighted by Gasteiger charge is -1.55. The Kier molecular flexibility index (Phi) is 2.40. The van der Waals surface area contributed by atoms with Crippen molar-refractivity contribution in [3.63, 3.8) is 0 Å². The van der Waals surface area contributed by atoms with Gasteiger partial charge in [0.15, 0.2) is 0 Å². The molecule has 36 valence electrons. The Hall–Kier alpha value is -1.28. The SMILES string of the molecule is [N-]=[N+]=C(C=O)C=O.